The van der Waals surface area contributed by atoms with Crippen molar-refractivity contribution in [2.45, 2.75) is 33.6 Å². The summed E-state index contributed by atoms with van der Waals surface area (Å²) in [7, 11) is 1.76. The third-order valence-electron chi connectivity index (χ3n) is 1.71. The van der Waals surface area contributed by atoms with Gasteiger partial charge in [0.2, 0.25) is 0 Å². The van der Waals surface area contributed by atoms with Crippen LogP contribution in [0.3, 0.4) is 0 Å². The molecule has 14 heavy (non-hydrogen) atoms. The molecule has 0 fully saturated rings. The smallest absolute Gasteiger partial charge is 0.284 e. The maximum Gasteiger partial charge on any atom is 0.284 e. The summed E-state index contributed by atoms with van der Waals surface area (Å²) in [5.41, 5.74) is 6.00. The van der Waals surface area contributed by atoms with Crippen LogP contribution in [-0.4, -0.2) is 15.5 Å². The molecule has 1 amide bonds. The Labute approximate surface area is 85.1 Å². The van der Waals surface area contributed by atoms with Gasteiger partial charge in [-0.25, -0.2) is 4.98 Å². The molecule has 0 atom stereocenters. The number of carbonyl (C=O) groups excluding carboxylic acids is 1. The zero-order chi connectivity index (χ0) is 11.3. The predicted molar refractivity (Wildman–Crippen MR) is 57.2 cm³/mol. The van der Waals surface area contributed by atoms with E-state index in [2.05, 4.69) is 4.98 Å². The number of aromatic nitrogens is 2. The van der Waals surface area contributed by atoms with E-state index in [9.17, 15) is 4.79 Å². The largest absolute Gasteiger partial charge is 0.363 e. The Kier molecular flexibility index (Phi) is 4.91. The van der Waals surface area contributed by atoms with Gasteiger partial charge in [-0.05, 0) is 5.92 Å². The number of hydrogen-bond donors (Lipinski definition) is 1. The average molecular weight is 197 g/mol. The number of aryl methyl sites for hydroxylation is 1. The van der Waals surface area contributed by atoms with E-state index in [4.69, 9.17) is 5.73 Å². The highest BCUT2D eigenvalue weighted by Crippen LogP contribution is 2.12. The minimum atomic E-state index is -0.482. The number of rotatable bonds is 2. The van der Waals surface area contributed by atoms with Crippen LogP contribution in [0.5, 0.6) is 0 Å². The summed E-state index contributed by atoms with van der Waals surface area (Å²) in [6.07, 6.45) is 1.82. The molecule has 0 bridgehead atoms. The van der Waals surface area contributed by atoms with Gasteiger partial charge < -0.3 is 10.3 Å². The van der Waals surface area contributed by atoms with Crippen LogP contribution in [0.2, 0.25) is 0 Å². The number of primary amides is 1. The Morgan fingerprint density at radius 1 is 1.50 bits per heavy atom. The molecular formula is C10H19N3O. The van der Waals surface area contributed by atoms with Crippen molar-refractivity contribution in [2.24, 2.45) is 12.8 Å². The van der Waals surface area contributed by atoms with Crippen LogP contribution in [0.4, 0.5) is 0 Å². The van der Waals surface area contributed by atoms with Crippen molar-refractivity contribution in [1.82, 2.24) is 9.55 Å². The first kappa shape index (κ1) is 12.7. The molecule has 0 aliphatic rings. The van der Waals surface area contributed by atoms with Gasteiger partial charge in [-0.2, -0.15) is 0 Å². The molecule has 4 heteroatoms. The third kappa shape index (κ3) is 2.87. The molecule has 0 aromatic carbocycles. The lowest BCUT2D eigenvalue weighted by Gasteiger charge is -1.95. The van der Waals surface area contributed by atoms with Crippen molar-refractivity contribution in [3.63, 3.8) is 0 Å². The first-order valence-electron chi connectivity index (χ1n) is 4.85. The Morgan fingerprint density at radius 3 is 2.21 bits per heavy atom. The number of carbonyl (C=O) groups is 1. The second kappa shape index (κ2) is 5.42. The molecule has 0 aliphatic carbocycles. The molecule has 4 nitrogen and oxygen atoms in total. The number of imidazole rings is 1. The molecule has 0 saturated carbocycles. The lowest BCUT2D eigenvalue weighted by molar-refractivity contribution is 0.0987. The molecule has 1 aromatic rings. The summed E-state index contributed by atoms with van der Waals surface area (Å²) in [4.78, 5) is 14.9. The van der Waals surface area contributed by atoms with E-state index in [0.717, 1.165) is 5.69 Å². The first-order valence-corrected chi connectivity index (χ1v) is 4.85. The van der Waals surface area contributed by atoms with Crippen molar-refractivity contribution in [1.29, 1.82) is 0 Å². The topological polar surface area (TPSA) is 60.9 Å². The second-order valence-corrected chi connectivity index (χ2v) is 3.12. The molecule has 0 unspecified atom stereocenters. The lowest BCUT2D eigenvalue weighted by atomic mass is 10.2. The zero-order valence-corrected chi connectivity index (χ0v) is 9.53. The van der Waals surface area contributed by atoms with Crippen LogP contribution in [0.25, 0.3) is 0 Å². The highest BCUT2D eigenvalue weighted by Gasteiger charge is 2.11. The van der Waals surface area contributed by atoms with E-state index < -0.39 is 5.91 Å². The molecule has 0 spiro atoms. The summed E-state index contributed by atoms with van der Waals surface area (Å²) in [6.45, 7) is 8.04. The summed E-state index contributed by atoms with van der Waals surface area (Å²) in [6, 6.07) is 0. The number of nitrogens with two attached hydrogens (primary N) is 1. The van der Waals surface area contributed by atoms with Crippen molar-refractivity contribution < 1.29 is 4.79 Å². The van der Waals surface area contributed by atoms with Gasteiger partial charge in [0.15, 0.2) is 5.82 Å². The van der Waals surface area contributed by atoms with E-state index in [0.29, 0.717) is 11.7 Å². The predicted octanol–water partition coefficient (Wildman–Crippen LogP) is 1.67. The molecule has 1 rings (SSSR count). The van der Waals surface area contributed by atoms with Gasteiger partial charge in [-0.15, -0.1) is 0 Å². The quantitative estimate of drug-likeness (QED) is 0.784. The van der Waals surface area contributed by atoms with Crippen LogP contribution >= 0.6 is 0 Å². The van der Waals surface area contributed by atoms with Gasteiger partial charge in [-0.3, -0.25) is 4.79 Å². The van der Waals surface area contributed by atoms with Crippen LogP contribution in [0.1, 0.15) is 49.9 Å². The monoisotopic (exact) mass is 197 g/mol. The van der Waals surface area contributed by atoms with Crippen molar-refractivity contribution >= 4 is 5.91 Å². The SMILES string of the molecule is CC.CC(C)c1cn(C)c(C(N)=O)n1. The summed E-state index contributed by atoms with van der Waals surface area (Å²) in [5, 5.41) is 0. The van der Waals surface area contributed by atoms with Crippen molar-refractivity contribution in [3.05, 3.63) is 17.7 Å². The average Bonchev–Trinajstić information content (AvgIpc) is 2.51. The molecular weight excluding hydrogens is 178 g/mol. The Balaban J connectivity index is 0.000000791. The molecule has 1 heterocycles. The lowest BCUT2D eigenvalue weighted by Crippen LogP contribution is -2.16. The fourth-order valence-corrected chi connectivity index (χ4v) is 0.997. The maximum absolute atomic E-state index is 10.8. The van der Waals surface area contributed by atoms with E-state index in [1.165, 1.54) is 0 Å². The Morgan fingerprint density at radius 2 is 2.00 bits per heavy atom. The summed E-state index contributed by atoms with van der Waals surface area (Å²) in [5.74, 6) is 0.160. The minimum Gasteiger partial charge on any atom is -0.363 e. The maximum atomic E-state index is 10.8. The van der Waals surface area contributed by atoms with Gasteiger partial charge in [0.25, 0.3) is 5.91 Å². The zero-order valence-electron chi connectivity index (χ0n) is 9.53. The van der Waals surface area contributed by atoms with Gasteiger partial charge >= 0.3 is 0 Å². The minimum absolute atomic E-state index is 0.318. The standard InChI is InChI=1S/C8H13N3O.C2H6/c1-5(2)6-4-11(3)8(10-6)7(9)12;1-2/h4-5H,1-3H3,(H2,9,12);1-2H3. The Hall–Kier alpha value is -1.32. The van der Waals surface area contributed by atoms with Gasteiger partial charge in [-0.1, -0.05) is 27.7 Å². The van der Waals surface area contributed by atoms with Gasteiger partial charge in [0.05, 0.1) is 5.69 Å². The van der Waals surface area contributed by atoms with Crippen LogP contribution in [0, 0.1) is 0 Å². The fraction of sp³-hybridized carbons (Fsp3) is 0.600. The van der Waals surface area contributed by atoms with E-state index in [1.54, 1.807) is 11.6 Å². The number of nitrogens with zero attached hydrogens (tertiary/aromatic N) is 2. The fourth-order valence-electron chi connectivity index (χ4n) is 0.997. The van der Waals surface area contributed by atoms with Crippen LogP contribution in [-0.2, 0) is 7.05 Å². The second-order valence-electron chi connectivity index (χ2n) is 3.12. The molecule has 0 aliphatic heterocycles. The van der Waals surface area contributed by atoms with Gasteiger partial charge in [0.1, 0.15) is 0 Å². The first-order chi connectivity index (χ1) is 6.52. The van der Waals surface area contributed by atoms with Crippen LogP contribution in [0.15, 0.2) is 6.20 Å². The third-order valence-corrected chi connectivity index (χ3v) is 1.71. The van der Waals surface area contributed by atoms with E-state index >= 15 is 0 Å². The Bertz CT molecular complexity index is 302. The molecule has 80 valence electrons. The number of amides is 1. The van der Waals surface area contributed by atoms with Crippen molar-refractivity contribution in [2.75, 3.05) is 0 Å². The highest BCUT2D eigenvalue weighted by atomic mass is 16.1. The van der Waals surface area contributed by atoms with E-state index in [1.807, 2.05) is 33.9 Å². The number of hydrogen-bond acceptors (Lipinski definition) is 2. The molecule has 2 N–H and O–H groups in total. The van der Waals surface area contributed by atoms with Gasteiger partial charge in [0, 0.05) is 13.2 Å². The molecule has 0 radical (unpaired) electrons. The summed E-state index contributed by atoms with van der Waals surface area (Å²) < 4.78 is 1.65. The normalized spacial score (nSPS) is 9.57. The summed E-state index contributed by atoms with van der Waals surface area (Å²) >= 11 is 0. The highest BCUT2D eigenvalue weighted by molar-refractivity contribution is 5.89. The molecule has 1 aromatic heterocycles. The van der Waals surface area contributed by atoms with Crippen molar-refractivity contribution in [3.8, 4) is 0 Å². The van der Waals surface area contributed by atoms with Crippen LogP contribution < -0.4 is 5.73 Å². The molecule has 0 saturated heterocycles. The van der Waals surface area contributed by atoms with E-state index in [-0.39, 0.29) is 0 Å².